The molecule has 2 aromatic heterocycles. The summed E-state index contributed by atoms with van der Waals surface area (Å²) in [6.45, 7) is 4.22. The van der Waals surface area contributed by atoms with Crippen molar-refractivity contribution in [3.63, 3.8) is 0 Å². The predicted octanol–water partition coefficient (Wildman–Crippen LogP) is 7.03. The molecule has 43 heavy (non-hydrogen) atoms. The Balaban J connectivity index is 1.30. The van der Waals surface area contributed by atoms with Crippen molar-refractivity contribution in [2.24, 2.45) is 0 Å². The van der Waals surface area contributed by atoms with Crippen molar-refractivity contribution in [2.75, 3.05) is 17.6 Å². The second-order valence-corrected chi connectivity index (χ2v) is 14.5. The normalized spacial score (nSPS) is 11.8. The van der Waals surface area contributed by atoms with Crippen LogP contribution < -0.4 is 15.4 Å². The first-order valence-corrected chi connectivity index (χ1v) is 16.7. The van der Waals surface area contributed by atoms with Crippen LogP contribution in [0, 0.1) is 11.6 Å². The van der Waals surface area contributed by atoms with Crippen molar-refractivity contribution >= 4 is 59.5 Å². The number of aromatic nitrogens is 3. The van der Waals surface area contributed by atoms with Crippen molar-refractivity contribution in [3.8, 4) is 17.0 Å². The molecule has 0 aliphatic rings. The molecule has 0 aliphatic carbocycles. The number of rotatable bonds is 12. The van der Waals surface area contributed by atoms with Gasteiger partial charge < -0.3 is 15.4 Å². The molecule has 13 heteroatoms. The van der Waals surface area contributed by atoms with Crippen LogP contribution in [-0.4, -0.2) is 40.9 Å². The highest BCUT2D eigenvalue weighted by atomic mass is 79.9. The number of halogens is 3. The summed E-state index contributed by atoms with van der Waals surface area (Å²) in [4.78, 5) is 13.2. The van der Waals surface area contributed by atoms with Gasteiger partial charge in [-0.05, 0) is 71.7 Å². The fourth-order valence-electron chi connectivity index (χ4n) is 4.15. The van der Waals surface area contributed by atoms with Crippen molar-refractivity contribution < 1.29 is 21.9 Å². The zero-order valence-corrected chi connectivity index (χ0v) is 26.5. The van der Waals surface area contributed by atoms with Crippen LogP contribution >= 0.6 is 27.3 Å². The Morgan fingerprint density at radius 1 is 1.07 bits per heavy atom. The second-order valence-electron chi connectivity index (χ2n) is 9.98. The molecule has 0 atom stereocenters. The molecule has 0 aliphatic heterocycles. The van der Waals surface area contributed by atoms with Crippen LogP contribution in [0.1, 0.15) is 24.4 Å². The summed E-state index contributed by atoms with van der Waals surface area (Å²) >= 11 is 4.89. The molecule has 224 valence electrons. The number of thiazole rings is 1. The smallest absolute Gasteiger partial charge is 0.153 e. The van der Waals surface area contributed by atoms with E-state index < -0.39 is 20.9 Å². The Hall–Kier alpha value is -3.52. The number of nitrogens with one attached hydrogen (secondary N) is 2. The summed E-state index contributed by atoms with van der Waals surface area (Å²) in [5.41, 5.74) is 2.62. The summed E-state index contributed by atoms with van der Waals surface area (Å²) < 4.78 is 59.2. The zero-order valence-electron chi connectivity index (χ0n) is 23.3. The van der Waals surface area contributed by atoms with Gasteiger partial charge in [0.05, 0.1) is 26.7 Å². The average molecular weight is 689 g/mol. The first-order chi connectivity index (χ1) is 20.6. The first-order valence-electron chi connectivity index (χ1n) is 13.3. The first kappa shape index (κ1) is 30.9. The van der Waals surface area contributed by atoms with Crippen LogP contribution in [0.2, 0.25) is 0 Å². The van der Waals surface area contributed by atoms with E-state index in [9.17, 15) is 12.8 Å². The molecular formula is C30H28BrF2N5O3S2. The van der Waals surface area contributed by atoms with Crippen LogP contribution in [0.25, 0.3) is 22.2 Å². The molecule has 0 bridgehead atoms. The summed E-state index contributed by atoms with van der Waals surface area (Å²) in [7, 11) is -3.13. The van der Waals surface area contributed by atoms with Gasteiger partial charge in [-0.1, -0.05) is 12.1 Å². The highest BCUT2D eigenvalue weighted by molar-refractivity contribution is 9.10. The molecule has 5 aromatic rings. The van der Waals surface area contributed by atoms with E-state index in [-0.39, 0.29) is 18.2 Å². The number of sulfone groups is 1. The van der Waals surface area contributed by atoms with Gasteiger partial charge in [0.1, 0.15) is 41.1 Å². The van der Waals surface area contributed by atoms with Crippen LogP contribution in [0.3, 0.4) is 0 Å². The lowest BCUT2D eigenvalue weighted by Crippen LogP contribution is -2.26. The summed E-state index contributed by atoms with van der Waals surface area (Å²) in [5, 5.41) is 9.03. The Labute approximate surface area is 260 Å². The summed E-state index contributed by atoms with van der Waals surface area (Å²) in [6.07, 6.45) is 1.36. The Kier molecular flexibility index (Phi) is 9.65. The SMILES string of the molecule is CC(C)S(=O)(=O)CCNCc1nc(-c2cc3c(Nc4ccc(OCc5cccc(F)c5)c(Br)c4)ncnc3cc2F)cs1. The van der Waals surface area contributed by atoms with Crippen molar-refractivity contribution in [1.29, 1.82) is 0 Å². The molecule has 3 aromatic carbocycles. The third-order valence-corrected chi connectivity index (χ3v) is 10.3. The minimum absolute atomic E-state index is 0.0409. The van der Waals surface area contributed by atoms with Gasteiger partial charge in [0.15, 0.2) is 9.84 Å². The van der Waals surface area contributed by atoms with E-state index in [0.29, 0.717) is 67.5 Å². The maximum atomic E-state index is 15.2. The van der Waals surface area contributed by atoms with Crippen molar-refractivity contribution in [2.45, 2.75) is 32.2 Å². The van der Waals surface area contributed by atoms with Gasteiger partial charge in [0.2, 0.25) is 0 Å². The van der Waals surface area contributed by atoms with Gasteiger partial charge in [-0.3, -0.25) is 0 Å². The fourth-order valence-corrected chi connectivity index (χ4v) is 6.31. The van der Waals surface area contributed by atoms with Crippen molar-refractivity contribution in [1.82, 2.24) is 20.3 Å². The van der Waals surface area contributed by atoms with Gasteiger partial charge in [-0.2, -0.15) is 0 Å². The number of hydrogen-bond acceptors (Lipinski definition) is 9. The van der Waals surface area contributed by atoms with Gasteiger partial charge in [0, 0.05) is 41.2 Å². The number of ether oxygens (including phenoxy) is 1. The van der Waals surface area contributed by atoms with Gasteiger partial charge >= 0.3 is 0 Å². The van der Waals surface area contributed by atoms with Crippen LogP contribution in [-0.2, 0) is 23.0 Å². The zero-order chi connectivity index (χ0) is 30.6. The lowest BCUT2D eigenvalue weighted by atomic mass is 10.1. The fraction of sp³-hybridized carbons (Fsp3) is 0.233. The number of hydrogen-bond donors (Lipinski definition) is 2. The lowest BCUT2D eigenvalue weighted by Gasteiger charge is -2.13. The summed E-state index contributed by atoms with van der Waals surface area (Å²) in [6, 6.07) is 14.7. The molecule has 0 saturated heterocycles. The molecule has 5 rings (SSSR count). The molecule has 0 radical (unpaired) electrons. The molecule has 2 heterocycles. The van der Waals surface area contributed by atoms with E-state index >= 15 is 4.39 Å². The number of benzene rings is 3. The van der Waals surface area contributed by atoms with Gasteiger partial charge in [-0.25, -0.2) is 32.2 Å². The van der Waals surface area contributed by atoms with Gasteiger partial charge in [-0.15, -0.1) is 11.3 Å². The highest BCUT2D eigenvalue weighted by Gasteiger charge is 2.17. The second kappa shape index (κ2) is 13.4. The average Bonchev–Trinajstić information content (AvgIpc) is 3.43. The largest absolute Gasteiger partial charge is 0.488 e. The number of anilines is 2. The molecule has 0 amide bonds. The quantitative estimate of drug-likeness (QED) is 0.135. The number of nitrogens with zero attached hydrogens (tertiary/aromatic N) is 3. The van der Waals surface area contributed by atoms with Gasteiger partial charge in [0.25, 0.3) is 0 Å². The van der Waals surface area contributed by atoms with Crippen LogP contribution in [0.5, 0.6) is 5.75 Å². The van der Waals surface area contributed by atoms with E-state index in [4.69, 9.17) is 4.74 Å². The molecule has 0 spiro atoms. The highest BCUT2D eigenvalue weighted by Crippen LogP contribution is 2.34. The predicted molar refractivity (Wildman–Crippen MR) is 169 cm³/mol. The molecule has 8 nitrogen and oxygen atoms in total. The van der Waals surface area contributed by atoms with Crippen molar-refractivity contribution in [3.05, 3.63) is 93.0 Å². The number of fused-ring (bicyclic) bond motifs is 1. The maximum absolute atomic E-state index is 15.2. The summed E-state index contributed by atoms with van der Waals surface area (Å²) in [5.74, 6) is 0.322. The molecular weight excluding hydrogens is 660 g/mol. The minimum Gasteiger partial charge on any atom is -0.488 e. The van der Waals surface area contributed by atoms with E-state index in [2.05, 4.69) is 41.5 Å². The van der Waals surface area contributed by atoms with E-state index in [1.54, 1.807) is 43.5 Å². The molecule has 2 N–H and O–H groups in total. The maximum Gasteiger partial charge on any atom is 0.153 e. The standard InChI is InChI=1S/C30H28BrF2N5O3S2/c1-18(2)43(39,40)9-8-34-14-29-38-27(16-42-29)22-12-23-26(13-25(22)33)35-17-36-30(23)37-21-6-7-28(24(31)11-21)41-15-19-4-3-5-20(32)10-19/h3-7,10-13,16-18,34H,8-9,14-15H2,1-2H3,(H,35,36,37). The topological polar surface area (TPSA) is 106 Å². The third kappa shape index (κ3) is 7.71. The third-order valence-electron chi connectivity index (χ3n) is 6.59. The molecule has 0 unspecified atom stereocenters. The van der Waals surface area contributed by atoms with E-state index in [1.165, 1.54) is 35.9 Å². The molecule has 0 saturated carbocycles. The van der Waals surface area contributed by atoms with E-state index in [0.717, 1.165) is 0 Å². The molecule has 0 fully saturated rings. The minimum atomic E-state index is -3.13. The van der Waals surface area contributed by atoms with Crippen LogP contribution in [0.4, 0.5) is 20.3 Å². The lowest BCUT2D eigenvalue weighted by molar-refractivity contribution is 0.303. The Bertz CT molecular complexity index is 1870. The van der Waals surface area contributed by atoms with E-state index in [1.807, 2.05) is 12.1 Å². The van der Waals surface area contributed by atoms with Crippen LogP contribution in [0.15, 0.2) is 70.8 Å². The Morgan fingerprint density at radius 3 is 2.67 bits per heavy atom. The monoisotopic (exact) mass is 687 g/mol. The Morgan fingerprint density at radius 2 is 1.91 bits per heavy atom.